The Kier molecular flexibility index (Phi) is 7.04. The van der Waals surface area contributed by atoms with Crippen molar-refractivity contribution in [3.05, 3.63) is 0 Å². The van der Waals surface area contributed by atoms with Gasteiger partial charge in [-0.2, -0.15) is 22.0 Å². The SMILES string of the molecule is CCC(=O)SCCCCCC(F)(F)C(F)(F)F. The van der Waals surface area contributed by atoms with Crippen LogP contribution in [-0.4, -0.2) is 23.0 Å². The minimum atomic E-state index is -5.46. The minimum Gasteiger partial charge on any atom is -0.287 e. The first-order valence-electron chi connectivity index (χ1n) is 5.31. The topological polar surface area (TPSA) is 17.1 Å². The molecular formula is C10H15F5OS. The van der Waals surface area contributed by atoms with E-state index < -0.39 is 18.5 Å². The molecule has 0 atom stereocenters. The van der Waals surface area contributed by atoms with Crippen LogP contribution in [0.5, 0.6) is 0 Å². The summed E-state index contributed by atoms with van der Waals surface area (Å²) in [6.07, 6.45) is -5.67. The lowest BCUT2D eigenvalue weighted by Gasteiger charge is -2.19. The second-order valence-electron chi connectivity index (χ2n) is 3.59. The van der Waals surface area contributed by atoms with E-state index in [0.29, 0.717) is 18.6 Å². The lowest BCUT2D eigenvalue weighted by molar-refractivity contribution is -0.284. The monoisotopic (exact) mass is 278 g/mol. The highest BCUT2D eigenvalue weighted by Crippen LogP contribution is 2.39. The number of alkyl halides is 5. The molecule has 0 aliphatic carbocycles. The van der Waals surface area contributed by atoms with Crippen molar-refractivity contribution >= 4 is 16.9 Å². The molecule has 0 spiro atoms. The van der Waals surface area contributed by atoms with Gasteiger partial charge in [-0.1, -0.05) is 25.1 Å². The van der Waals surface area contributed by atoms with Crippen molar-refractivity contribution in [2.45, 2.75) is 51.1 Å². The molecule has 0 aromatic heterocycles. The maximum Gasteiger partial charge on any atom is 0.453 e. The highest BCUT2D eigenvalue weighted by atomic mass is 32.2. The molecule has 0 aromatic rings. The summed E-state index contributed by atoms with van der Waals surface area (Å²) in [6.45, 7) is 1.71. The van der Waals surface area contributed by atoms with Gasteiger partial charge in [-0.15, -0.1) is 0 Å². The predicted octanol–water partition coefficient (Wildman–Crippen LogP) is 4.41. The molecule has 1 nitrogen and oxygen atoms in total. The van der Waals surface area contributed by atoms with E-state index in [-0.39, 0.29) is 18.0 Å². The molecule has 0 rings (SSSR count). The molecule has 0 N–H and O–H groups in total. The lowest BCUT2D eigenvalue weighted by Crippen LogP contribution is -2.36. The van der Waals surface area contributed by atoms with E-state index in [1.165, 1.54) is 0 Å². The summed E-state index contributed by atoms with van der Waals surface area (Å²) in [5.74, 6) is -4.12. The van der Waals surface area contributed by atoms with Crippen molar-refractivity contribution < 1.29 is 26.7 Å². The van der Waals surface area contributed by atoms with Gasteiger partial charge < -0.3 is 0 Å². The number of unbranched alkanes of at least 4 members (excludes halogenated alkanes) is 2. The Bertz CT molecular complexity index is 239. The first-order chi connectivity index (χ1) is 7.70. The third-order valence-electron chi connectivity index (χ3n) is 2.10. The highest BCUT2D eigenvalue weighted by molar-refractivity contribution is 8.13. The van der Waals surface area contributed by atoms with Gasteiger partial charge in [-0.3, -0.25) is 4.79 Å². The average molecular weight is 278 g/mol. The highest BCUT2D eigenvalue weighted by Gasteiger charge is 2.56. The first-order valence-corrected chi connectivity index (χ1v) is 6.29. The van der Waals surface area contributed by atoms with E-state index in [4.69, 9.17) is 0 Å². The van der Waals surface area contributed by atoms with Gasteiger partial charge in [0.05, 0.1) is 0 Å². The van der Waals surface area contributed by atoms with Gasteiger partial charge in [-0.25, -0.2) is 0 Å². The molecule has 0 aliphatic heterocycles. The van der Waals surface area contributed by atoms with Gasteiger partial charge >= 0.3 is 12.1 Å². The summed E-state index contributed by atoms with van der Waals surface area (Å²) < 4.78 is 60.2. The molecule has 0 heterocycles. The van der Waals surface area contributed by atoms with E-state index in [1.807, 2.05) is 0 Å². The van der Waals surface area contributed by atoms with E-state index in [0.717, 1.165) is 11.8 Å². The zero-order chi connectivity index (χ0) is 13.5. The van der Waals surface area contributed by atoms with Gasteiger partial charge in [-0.05, 0) is 12.8 Å². The van der Waals surface area contributed by atoms with Crippen LogP contribution in [-0.2, 0) is 4.79 Å². The summed E-state index contributed by atoms with van der Waals surface area (Å²) in [5, 5.41) is 0.00520. The molecule has 0 radical (unpaired) electrons. The Morgan fingerprint density at radius 2 is 1.65 bits per heavy atom. The van der Waals surface area contributed by atoms with Crippen LogP contribution >= 0.6 is 11.8 Å². The summed E-state index contributed by atoms with van der Waals surface area (Å²) in [4.78, 5) is 10.8. The molecule has 0 fully saturated rings. The Labute approximate surface area is 101 Å². The van der Waals surface area contributed by atoms with Crippen LogP contribution < -0.4 is 0 Å². The summed E-state index contributed by atoms with van der Waals surface area (Å²) in [5.41, 5.74) is 0. The largest absolute Gasteiger partial charge is 0.453 e. The predicted molar refractivity (Wildman–Crippen MR) is 57.2 cm³/mol. The van der Waals surface area contributed by atoms with E-state index in [2.05, 4.69) is 0 Å². The quantitative estimate of drug-likeness (QED) is 0.506. The fourth-order valence-corrected chi connectivity index (χ4v) is 1.84. The number of carbonyl (C=O) groups excluding carboxylic acids is 1. The Morgan fingerprint density at radius 3 is 2.12 bits per heavy atom. The molecule has 0 aromatic carbocycles. The van der Waals surface area contributed by atoms with Gasteiger partial charge in [0.15, 0.2) is 5.12 Å². The molecule has 0 unspecified atom stereocenters. The third kappa shape index (κ3) is 6.85. The van der Waals surface area contributed by atoms with Crippen molar-refractivity contribution in [3.8, 4) is 0 Å². The average Bonchev–Trinajstić information content (AvgIpc) is 2.21. The fraction of sp³-hybridized carbons (Fsp3) is 0.900. The number of carbonyl (C=O) groups is 1. The molecule has 0 amide bonds. The number of thioether (sulfide) groups is 1. The van der Waals surface area contributed by atoms with Crippen LogP contribution in [0.2, 0.25) is 0 Å². The second kappa shape index (κ2) is 7.18. The molecule has 0 bridgehead atoms. The molecule has 0 saturated carbocycles. The van der Waals surface area contributed by atoms with Crippen molar-refractivity contribution in [1.82, 2.24) is 0 Å². The number of hydrogen-bond acceptors (Lipinski definition) is 2. The first kappa shape index (κ1) is 16.7. The van der Waals surface area contributed by atoms with Gasteiger partial charge in [0, 0.05) is 18.6 Å². The molecular weight excluding hydrogens is 263 g/mol. The van der Waals surface area contributed by atoms with Gasteiger partial charge in [0.25, 0.3) is 0 Å². The molecule has 102 valence electrons. The zero-order valence-corrected chi connectivity index (χ0v) is 10.3. The van der Waals surface area contributed by atoms with Crippen LogP contribution in [0.1, 0.15) is 39.0 Å². The van der Waals surface area contributed by atoms with E-state index in [9.17, 15) is 26.7 Å². The van der Waals surface area contributed by atoms with Gasteiger partial charge in [0.2, 0.25) is 0 Å². The van der Waals surface area contributed by atoms with Crippen molar-refractivity contribution in [2.75, 3.05) is 5.75 Å². The molecule has 0 aliphatic rings. The Balaban J connectivity index is 3.62. The summed E-state index contributed by atoms with van der Waals surface area (Å²) in [7, 11) is 0. The van der Waals surface area contributed by atoms with Crippen molar-refractivity contribution in [3.63, 3.8) is 0 Å². The standard InChI is InChI=1S/C10H15F5OS/c1-2-8(16)17-7-5-3-4-6-9(11,12)10(13,14)15/h2-7H2,1H3. The minimum absolute atomic E-state index is 0.00520. The van der Waals surface area contributed by atoms with Crippen LogP contribution in [0.3, 0.4) is 0 Å². The Hall–Kier alpha value is -0.330. The van der Waals surface area contributed by atoms with Crippen LogP contribution in [0.4, 0.5) is 22.0 Å². The molecule has 17 heavy (non-hydrogen) atoms. The van der Waals surface area contributed by atoms with E-state index >= 15 is 0 Å². The number of halogens is 5. The smallest absolute Gasteiger partial charge is 0.287 e. The lowest BCUT2D eigenvalue weighted by atomic mass is 10.1. The van der Waals surface area contributed by atoms with Gasteiger partial charge in [0.1, 0.15) is 0 Å². The normalized spacial score (nSPS) is 12.8. The summed E-state index contributed by atoms with van der Waals surface area (Å²) in [6, 6.07) is 0. The Morgan fingerprint density at radius 1 is 1.06 bits per heavy atom. The number of hydrogen-bond donors (Lipinski definition) is 0. The number of rotatable bonds is 7. The summed E-state index contributed by atoms with van der Waals surface area (Å²) >= 11 is 1.09. The van der Waals surface area contributed by atoms with Crippen LogP contribution in [0.25, 0.3) is 0 Å². The zero-order valence-electron chi connectivity index (χ0n) is 9.45. The van der Waals surface area contributed by atoms with Crippen molar-refractivity contribution in [2.24, 2.45) is 0 Å². The fourth-order valence-electron chi connectivity index (χ4n) is 1.06. The maximum atomic E-state index is 12.4. The van der Waals surface area contributed by atoms with Crippen LogP contribution in [0.15, 0.2) is 0 Å². The second-order valence-corrected chi connectivity index (χ2v) is 4.74. The van der Waals surface area contributed by atoms with Crippen LogP contribution in [0, 0.1) is 0 Å². The van der Waals surface area contributed by atoms with Crippen molar-refractivity contribution in [1.29, 1.82) is 0 Å². The molecule has 0 saturated heterocycles. The maximum absolute atomic E-state index is 12.4. The third-order valence-corrected chi connectivity index (χ3v) is 3.21. The van der Waals surface area contributed by atoms with E-state index in [1.54, 1.807) is 6.92 Å². The molecule has 7 heteroatoms.